The zero-order valence-electron chi connectivity index (χ0n) is 6.33. The van der Waals surface area contributed by atoms with Crippen molar-refractivity contribution in [3.8, 4) is 0 Å². The normalized spacial score (nSPS) is 10.3. The molecule has 1 aromatic heterocycles. The summed E-state index contributed by atoms with van der Waals surface area (Å²) in [6, 6.07) is 7.00. The Morgan fingerprint density at radius 1 is 1.42 bits per heavy atom. The van der Waals surface area contributed by atoms with E-state index in [1.807, 2.05) is 6.07 Å². The number of rotatable bonds is 0. The molecule has 0 unspecified atom stereocenters. The molecule has 4 nitrogen and oxygen atoms in total. The maximum atomic E-state index is 7.42. The highest BCUT2D eigenvalue weighted by molar-refractivity contribution is 5.75. The van der Waals surface area contributed by atoms with Crippen LogP contribution < -0.4 is 11.1 Å². The van der Waals surface area contributed by atoms with Crippen LogP contribution in [0.5, 0.6) is 0 Å². The quantitative estimate of drug-likeness (QED) is 0.528. The number of fused-ring (bicyclic) bond motifs is 1. The molecule has 60 valence electrons. The van der Waals surface area contributed by atoms with Gasteiger partial charge in [0.25, 0.3) is 0 Å². The first kappa shape index (κ1) is 6.84. The molecule has 0 atom stereocenters. The molecule has 0 fully saturated rings. The van der Waals surface area contributed by atoms with Crippen molar-refractivity contribution in [2.24, 2.45) is 0 Å². The summed E-state index contributed by atoms with van der Waals surface area (Å²) in [6.07, 6.45) is 0. The first-order chi connectivity index (χ1) is 5.75. The summed E-state index contributed by atoms with van der Waals surface area (Å²) in [5.41, 5.74) is 7.03. The number of aromatic nitrogens is 2. The van der Waals surface area contributed by atoms with Crippen molar-refractivity contribution in [1.82, 2.24) is 9.97 Å². The number of hydrogen-bond acceptors (Lipinski definition) is 3. The van der Waals surface area contributed by atoms with Gasteiger partial charge in [0.1, 0.15) is 0 Å². The van der Waals surface area contributed by atoms with Gasteiger partial charge in [0.15, 0.2) is 5.95 Å². The van der Waals surface area contributed by atoms with Crippen molar-refractivity contribution in [2.45, 2.75) is 0 Å². The zero-order valence-corrected chi connectivity index (χ0v) is 6.33. The summed E-state index contributed by atoms with van der Waals surface area (Å²) < 4.78 is 0. The molecule has 0 radical (unpaired) electrons. The number of aromatic amines is 1. The Morgan fingerprint density at radius 3 is 3.08 bits per heavy atom. The Morgan fingerprint density at radius 2 is 2.25 bits per heavy atom. The third-order valence-electron chi connectivity index (χ3n) is 1.61. The van der Waals surface area contributed by atoms with Gasteiger partial charge in [-0.2, -0.15) is 0 Å². The minimum absolute atomic E-state index is 0.385. The Kier molecular flexibility index (Phi) is 1.33. The molecule has 1 heterocycles. The van der Waals surface area contributed by atoms with E-state index in [9.17, 15) is 0 Å². The maximum Gasteiger partial charge on any atom is 0.198 e. The molecule has 4 N–H and O–H groups in total. The second kappa shape index (κ2) is 2.34. The topological polar surface area (TPSA) is 78.6 Å². The zero-order chi connectivity index (χ0) is 8.55. The second-order valence-electron chi connectivity index (χ2n) is 2.55. The van der Waals surface area contributed by atoms with Gasteiger partial charge in [-0.1, -0.05) is 6.07 Å². The number of imidazole rings is 1. The average Bonchev–Trinajstić information content (AvgIpc) is 2.23. The van der Waals surface area contributed by atoms with Gasteiger partial charge >= 0.3 is 0 Å². The van der Waals surface area contributed by atoms with E-state index in [4.69, 9.17) is 11.1 Å². The van der Waals surface area contributed by atoms with Gasteiger partial charge in [0, 0.05) is 0 Å². The Labute approximate surface area is 68.6 Å². The van der Waals surface area contributed by atoms with Gasteiger partial charge in [-0.05, 0) is 18.2 Å². The van der Waals surface area contributed by atoms with Crippen LogP contribution in [0.3, 0.4) is 0 Å². The van der Waals surface area contributed by atoms with E-state index in [2.05, 4.69) is 9.97 Å². The van der Waals surface area contributed by atoms with Gasteiger partial charge in [-0.15, -0.1) is 0 Å². The Balaban J connectivity index is 2.95. The van der Waals surface area contributed by atoms with Gasteiger partial charge in [-0.25, -0.2) is 4.98 Å². The van der Waals surface area contributed by atoms with Crippen molar-refractivity contribution in [3.05, 3.63) is 29.6 Å². The smallest absolute Gasteiger partial charge is 0.198 e. The second-order valence-corrected chi connectivity index (χ2v) is 2.55. The maximum absolute atomic E-state index is 7.42. The third kappa shape index (κ3) is 1.03. The van der Waals surface area contributed by atoms with Crippen LogP contribution in [0, 0.1) is 5.41 Å². The summed E-state index contributed by atoms with van der Waals surface area (Å²) in [5, 5.41) is 7.86. The molecule has 0 aliphatic rings. The van der Waals surface area contributed by atoms with Crippen LogP contribution in [-0.4, -0.2) is 9.97 Å². The fraction of sp³-hybridized carbons (Fsp3) is 0. The van der Waals surface area contributed by atoms with E-state index in [0.717, 1.165) is 11.0 Å². The van der Waals surface area contributed by atoms with Gasteiger partial charge in [-0.3, -0.25) is 0 Å². The largest absolute Gasteiger partial charge is 0.369 e. The lowest BCUT2D eigenvalue weighted by Crippen LogP contribution is -1.90. The van der Waals surface area contributed by atoms with E-state index >= 15 is 0 Å². The highest BCUT2D eigenvalue weighted by Gasteiger charge is 1.95. The van der Waals surface area contributed by atoms with Crippen molar-refractivity contribution in [1.29, 1.82) is 5.41 Å². The Hall–Kier alpha value is -1.84. The van der Waals surface area contributed by atoms with Crippen molar-refractivity contribution in [3.63, 3.8) is 0 Å². The molecule has 1 aromatic carbocycles. The highest BCUT2D eigenvalue weighted by Crippen LogP contribution is 2.07. The molecule has 0 saturated carbocycles. The molecule has 0 spiro atoms. The number of nitrogens with two attached hydrogens (primary N) is 1. The lowest BCUT2D eigenvalue weighted by atomic mass is 10.4. The van der Waals surface area contributed by atoms with Crippen LogP contribution in [0.2, 0.25) is 0 Å². The predicted molar refractivity (Wildman–Crippen MR) is 46.4 cm³/mol. The average molecular weight is 160 g/mol. The molecule has 0 bridgehead atoms. The van der Waals surface area contributed by atoms with Crippen LogP contribution in [0.1, 0.15) is 0 Å². The number of nitrogens with one attached hydrogen (secondary N) is 2. The van der Waals surface area contributed by atoms with E-state index < -0.39 is 0 Å². The molecule has 0 aliphatic carbocycles. The standard InChI is InChI=1S/C8H8N4/c9-5-2-1-3-6-7(4-5)12-8(10)11-6/h1-4,9H,(H3,10,11,12). The molecule has 4 heteroatoms. The van der Waals surface area contributed by atoms with E-state index in [1.165, 1.54) is 0 Å². The first-order valence-electron chi connectivity index (χ1n) is 3.56. The molecule has 2 rings (SSSR count). The number of nitrogen functional groups attached to an aromatic ring is 1. The fourth-order valence-corrected chi connectivity index (χ4v) is 1.10. The number of anilines is 1. The molecule has 0 amide bonds. The monoisotopic (exact) mass is 160 g/mol. The number of hydrogen-bond donors (Lipinski definition) is 3. The first-order valence-corrected chi connectivity index (χ1v) is 3.56. The van der Waals surface area contributed by atoms with Crippen LogP contribution in [-0.2, 0) is 0 Å². The molecule has 0 aliphatic heterocycles. The van der Waals surface area contributed by atoms with Gasteiger partial charge in [0.05, 0.1) is 16.4 Å². The summed E-state index contributed by atoms with van der Waals surface area (Å²) in [4.78, 5) is 6.90. The molecule has 12 heavy (non-hydrogen) atoms. The highest BCUT2D eigenvalue weighted by atomic mass is 15.0. The minimum atomic E-state index is 0.385. The van der Waals surface area contributed by atoms with Crippen LogP contribution in [0.15, 0.2) is 24.3 Å². The molecule has 2 aromatic rings. The lowest BCUT2D eigenvalue weighted by Gasteiger charge is -1.75. The van der Waals surface area contributed by atoms with Crippen LogP contribution >= 0.6 is 0 Å². The predicted octanol–water partition coefficient (Wildman–Crippen LogP) is 0.625. The molecule has 0 saturated heterocycles. The molecular formula is C8H8N4. The fourth-order valence-electron chi connectivity index (χ4n) is 1.10. The van der Waals surface area contributed by atoms with E-state index in [-0.39, 0.29) is 0 Å². The SMILES string of the molecule is N=c1cccc2nc(N)[nH]c2c1. The van der Waals surface area contributed by atoms with Crippen LogP contribution in [0.25, 0.3) is 11.0 Å². The van der Waals surface area contributed by atoms with Crippen LogP contribution in [0.4, 0.5) is 5.95 Å². The molecular weight excluding hydrogens is 152 g/mol. The Bertz CT molecular complexity index is 472. The van der Waals surface area contributed by atoms with Crippen molar-refractivity contribution >= 4 is 17.0 Å². The minimum Gasteiger partial charge on any atom is -0.369 e. The van der Waals surface area contributed by atoms with E-state index in [1.54, 1.807) is 18.2 Å². The van der Waals surface area contributed by atoms with Gasteiger partial charge in [0.2, 0.25) is 0 Å². The van der Waals surface area contributed by atoms with Gasteiger partial charge < -0.3 is 16.1 Å². The summed E-state index contributed by atoms with van der Waals surface area (Å²) in [7, 11) is 0. The number of H-pyrrole nitrogens is 1. The van der Waals surface area contributed by atoms with Crippen molar-refractivity contribution < 1.29 is 0 Å². The lowest BCUT2D eigenvalue weighted by molar-refractivity contribution is 1.28. The summed E-state index contributed by atoms with van der Waals surface area (Å²) in [6.45, 7) is 0. The van der Waals surface area contributed by atoms with Crippen molar-refractivity contribution in [2.75, 3.05) is 5.73 Å². The summed E-state index contributed by atoms with van der Waals surface area (Å²) >= 11 is 0. The summed E-state index contributed by atoms with van der Waals surface area (Å²) in [5.74, 6) is 0.385. The third-order valence-corrected chi connectivity index (χ3v) is 1.61. The van der Waals surface area contributed by atoms with E-state index in [0.29, 0.717) is 11.3 Å². The number of nitrogens with zero attached hydrogens (tertiary/aromatic N) is 1.